The molecule has 1 saturated heterocycles. The molecular weight excluding hydrogens is 285 g/mol. The van der Waals surface area contributed by atoms with Gasteiger partial charge in [0.1, 0.15) is 4.99 Å². The summed E-state index contributed by atoms with van der Waals surface area (Å²) in [6.45, 7) is 1.73. The van der Waals surface area contributed by atoms with Gasteiger partial charge in [-0.15, -0.1) is 0 Å². The Balaban J connectivity index is 2.36. The molecule has 6 heteroatoms. The van der Waals surface area contributed by atoms with Gasteiger partial charge in [0.2, 0.25) is 0 Å². The zero-order valence-electron chi connectivity index (χ0n) is 11.0. The molecule has 0 bridgehead atoms. The van der Waals surface area contributed by atoms with Crippen molar-refractivity contribution in [3.8, 4) is 0 Å². The third-order valence-corrected chi connectivity index (χ3v) is 3.77. The first kappa shape index (κ1) is 15.1. The van der Waals surface area contributed by atoms with Crippen LogP contribution < -0.4 is 10.6 Å². The number of hydrogen-bond acceptors (Lipinski definition) is 2. The van der Waals surface area contributed by atoms with Crippen LogP contribution in [0.3, 0.4) is 0 Å². The van der Waals surface area contributed by atoms with Gasteiger partial charge in [0.05, 0.1) is 5.56 Å². The Morgan fingerprint density at radius 2 is 1.70 bits per heavy atom. The van der Waals surface area contributed by atoms with E-state index in [4.69, 9.17) is 18.0 Å². The number of nitrogens with two attached hydrogens (primary N) is 1. The summed E-state index contributed by atoms with van der Waals surface area (Å²) >= 11 is 4.77. The van der Waals surface area contributed by atoms with Crippen molar-refractivity contribution >= 4 is 22.9 Å². The fourth-order valence-corrected chi connectivity index (χ4v) is 2.68. The molecule has 0 amide bonds. The van der Waals surface area contributed by atoms with Crippen LogP contribution in [0.15, 0.2) is 18.2 Å². The molecule has 1 fully saturated rings. The van der Waals surface area contributed by atoms with Crippen molar-refractivity contribution in [1.29, 1.82) is 0 Å². The maximum Gasteiger partial charge on any atom is 0.417 e. The maximum atomic E-state index is 12.9. The lowest BCUT2D eigenvalue weighted by Gasteiger charge is -2.24. The lowest BCUT2D eigenvalue weighted by Crippen LogP contribution is -2.25. The molecule has 1 aromatic carbocycles. The van der Waals surface area contributed by atoms with Gasteiger partial charge in [-0.3, -0.25) is 0 Å². The minimum atomic E-state index is -4.43. The van der Waals surface area contributed by atoms with Crippen LogP contribution in [0.1, 0.15) is 36.8 Å². The van der Waals surface area contributed by atoms with Crippen LogP contribution in [-0.4, -0.2) is 18.1 Å². The zero-order valence-corrected chi connectivity index (χ0v) is 11.9. The quantitative estimate of drug-likeness (QED) is 0.844. The molecule has 0 aliphatic carbocycles. The molecule has 110 valence electrons. The van der Waals surface area contributed by atoms with E-state index in [1.807, 2.05) is 0 Å². The van der Waals surface area contributed by atoms with Crippen LogP contribution in [-0.2, 0) is 6.18 Å². The molecule has 0 saturated carbocycles. The van der Waals surface area contributed by atoms with Gasteiger partial charge in [0.15, 0.2) is 0 Å². The van der Waals surface area contributed by atoms with E-state index in [1.165, 1.54) is 25.0 Å². The van der Waals surface area contributed by atoms with Gasteiger partial charge in [-0.1, -0.05) is 25.1 Å². The lowest BCUT2D eigenvalue weighted by molar-refractivity contribution is -0.137. The summed E-state index contributed by atoms with van der Waals surface area (Å²) < 4.78 is 38.8. The number of nitrogens with zero attached hydrogens (tertiary/aromatic N) is 1. The molecule has 1 aromatic rings. The average molecular weight is 302 g/mol. The normalized spacial score (nSPS) is 16.9. The van der Waals surface area contributed by atoms with Crippen molar-refractivity contribution in [2.45, 2.75) is 31.9 Å². The molecule has 0 atom stereocenters. The Hall–Kier alpha value is -1.30. The molecule has 1 heterocycles. The van der Waals surface area contributed by atoms with E-state index in [-0.39, 0.29) is 10.6 Å². The largest absolute Gasteiger partial charge is 0.417 e. The molecule has 0 unspecified atom stereocenters. The lowest BCUT2D eigenvalue weighted by atomic mass is 10.1. The van der Waals surface area contributed by atoms with E-state index in [1.54, 1.807) is 0 Å². The monoisotopic (exact) mass is 302 g/mol. The fraction of sp³-hybridized carbons (Fsp3) is 0.500. The Bertz CT molecular complexity index is 492. The SMILES string of the molecule is NC(=S)c1cc(N2CCCCCC2)ccc1C(F)(F)F. The molecule has 1 aliphatic heterocycles. The highest BCUT2D eigenvalue weighted by atomic mass is 32.1. The van der Waals surface area contributed by atoms with Crippen molar-refractivity contribution in [2.75, 3.05) is 18.0 Å². The van der Waals surface area contributed by atoms with Gasteiger partial charge >= 0.3 is 6.18 Å². The van der Waals surface area contributed by atoms with E-state index in [9.17, 15) is 13.2 Å². The van der Waals surface area contributed by atoms with Crippen LogP contribution in [0.4, 0.5) is 18.9 Å². The van der Waals surface area contributed by atoms with Gasteiger partial charge in [-0.25, -0.2) is 0 Å². The summed E-state index contributed by atoms with van der Waals surface area (Å²) in [7, 11) is 0. The second kappa shape index (κ2) is 5.99. The molecule has 0 spiro atoms. The summed E-state index contributed by atoms with van der Waals surface area (Å²) in [5.74, 6) is 0. The van der Waals surface area contributed by atoms with Crippen molar-refractivity contribution in [1.82, 2.24) is 0 Å². The fourth-order valence-electron chi connectivity index (χ4n) is 2.51. The highest BCUT2D eigenvalue weighted by Crippen LogP contribution is 2.34. The first-order valence-corrected chi connectivity index (χ1v) is 7.06. The molecule has 1 aliphatic rings. The molecule has 0 radical (unpaired) electrons. The molecule has 2 rings (SSSR count). The Kier molecular flexibility index (Phi) is 4.52. The zero-order chi connectivity index (χ0) is 14.8. The number of alkyl halides is 3. The summed E-state index contributed by atoms with van der Waals surface area (Å²) in [6, 6.07) is 4.06. The minimum Gasteiger partial charge on any atom is -0.389 e. The van der Waals surface area contributed by atoms with Crippen molar-refractivity contribution in [3.05, 3.63) is 29.3 Å². The molecule has 0 aromatic heterocycles. The standard InChI is InChI=1S/C14H17F3N2S/c15-14(16,17)12-6-5-10(9-11(12)13(18)20)19-7-3-1-2-4-8-19/h5-6,9H,1-4,7-8H2,(H2,18,20). The molecule has 2 N–H and O–H groups in total. The van der Waals surface area contributed by atoms with E-state index in [0.717, 1.165) is 37.7 Å². The number of anilines is 1. The van der Waals surface area contributed by atoms with E-state index in [2.05, 4.69) is 4.90 Å². The van der Waals surface area contributed by atoms with Crippen molar-refractivity contribution < 1.29 is 13.2 Å². The van der Waals surface area contributed by atoms with Gasteiger partial charge in [0, 0.05) is 24.3 Å². The minimum absolute atomic E-state index is 0.0887. The summed E-state index contributed by atoms with van der Waals surface area (Å²) in [6.07, 6.45) is 0.0154. The molecular formula is C14H17F3N2S. The van der Waals surface area contributed by atoms with Gasteiger partial charge < -0.3 is 10.6 Å². The topological polar surface area (TPSA) is 29.3 Å². The van der Waals surface area contributed by atoms with Crippen LogP contribution >= 0.6 is 12.2 Å². The van der Waals surface area contributed by atoms with E-state index in [0.29, 0.717) is 0 Å². The second-order valence-electron chi connectivity index (χ2n) is 4.99. The maximum absolute atomic E-state index is 12.9. The average Bonchev–Trinajstić information content (AvgIpc) is 2.65. The predicted molar refractivity (Wildman–Crippen MR) is 78.0 cm³/mol. The Morgan fingerprint density at radius 3 is 2.20 bits per heavy atom. The number of hydrogen-bond donors (Lipinski definition) is 1. The summed E-state index contributed by atoms with van der Waals surface area (Å²) in [5.41, 5.74) is 5.37. The Labute approximate surface area is 121 Å². The van der Waals surface area contributed by atoms with E-state index >= 15 is 0 Å². The number of halogens is 3. The highest BCUT2D eigenvalue weighted by molar-refractivity contribution is 7.80. The first-order chi connectivity index (χ1) is 9.39. The van der Waals surface area contributed by atoms with Crippen LogP contribution in [0, 0.1) is 0 Å². The smallest absolute Gasteiger partial charge is 0.389 e. The Morgan fingerprint density at radius 1 is 1.10 bits per heavy atom. The highest BCUT2D eigenvalue weighted by Gasteiger charge is 2.34. The van der Waals surface area contributed by atoms with Gasteiger partial charge in [-0.05, 0) is 31.0 Å². The number of rotatable bonds is 2. The first-order valence-electron chi connectivity index (χ1n) is 6.65. The third-order valence-electron chi connectivity index (χ3n) is 3.55. The van der Waals surface area contributed by atoms with Crippen LogP contribution in [0.25, 0.3) is 0 Å². The van der Waals surface area contributed by atoms with Crippen molar-refractivity contribution in [2.24, 2.45) is 5.73 Å². The van der Waals surface area contributed by atoms with Crippen molar-refractivity contribution in [3.63, 3.8) is 0 Å². The number of benzene rings is 1. The summed E-state index contributed by atoms with van der Waals surface area (Å²) in [4.78, 5) is 1.89. The second-order valence-corrected chi connectivity index (χ2v) is 5.43. The van der Waals surface area contributed by atoms with Gasteiger partial charge in [-0.2, -0.15) is 13.2 Å². The van der Waals surface area contributed by atoms with Crippen LogP contribution in [0.2, 0.25) is 0 Å². The molecule has 20 heavy (non-hydrogen) atoms. The third kappa shape index (κ3) is 3.42. The van der Waals surface area contributed by atoms with Gasteiger partial charge in [0.25, 0.3) is 0 Å². The van der Waals surface area contributed by atoms with E-state index < -0.39 is 11.7 Å². The predicted octanol–water partition coefficient (Wildman–Crippen LogP) is 3.72. The molecule has 2 nitrogen and oxygen atoms in total. The number of thiocarbonyl (C=S) groups is 1. The van der Waals surface area contributed by atoms with Crippen LogP contribution in [0.5, 0.6) is 0 Å². The summed E-state index contributed by atoms with van der Waals surface area (Å²) in [5, 5.41) is 0.